The first-order chi connectivity index (χ1) is 8.24. The van der Waals surface area contributed by atoms with Gasteiger partial charge in [-0.25, -0.2) is 0 Å². The van der Waals surface area contributed by atoms with Crippen LogP contribution in [0.15, 0.2) is 18.2 Å². The minimum atomic E-state index is 0.770. The fraction of sp³-hybridized carbons (Fsp3) is 0.429. The highest BCUT2D eigenvalue weighted by Gasteiger charge is 2.18. The average Bonchev–Trinajstić information content (AvgIpc) is 2.90. The molecule has 2 heterocycles. The predicted octanol–water partition coefficient (Wildman–Crippen LogP) is 3.28. The predicted molar refractivity (Wildman–Crippen MR) is 72.7 cm³/mol. The smallest absolute Gasteiger partial charge is 0.0459 e. The summed E-state index contributed by atoms with van der Waals surface area (Å²) in [6.45, 7) is 4.46. The van der Waals surface area contributed by atoms with Crippen LogP contribution in [0.5, 0.6) is 0 Å². The fourth-order valence-electron chi connectivity index (χ4n) is 2.79. The number of aryl methyl sites for hydroxylation is 1. The van der Waals surface area contributed by atoms with Crippen LogP contribution in [0.2, 0.25) is 5.02 Å². The summed E-state index contributed by atoms with van der Waals surface area (Å²) in [7, 11) is 0. The molecule has 0 bridgehead atoms. The van der Waals surface area contributed by atoms with Gasteiger partial charge in [0.25, 0.3) is 0 Å². The third-order valence-corrected chi connectivity index (χ3v) is 3.97. The van der Waals surface area contributed by atoms with E-state index in [1.54, 1.807) is 0 Å². The molecular formula is C14H17ClN2. The Labute approximate surface area is 106 Å². The van der Waals surface area contributed by atoms with E-state index in [0.717, 1.165) is 30.5 Å². The van der Waals surface area contributed by atoms with Crippen LogP contribution in [0.25, 0.3) is 10.9 Å². The Hall–Kier alpha value is -0.990. The van der Waals surface area contributed by atoms with Crippen LogP contribution in [0, 0.1) is 12.8 Å². The molecule has 1 saturated heterocycles. The first kappa shape index (κ1) is 11.1. The molecule has 2 N–H and O–H groups in total. The highest BCUT2D eigenvalue weighted by atomic mass is 35.5. The second-order valence-corrected chi connectivity index (χ2v) is 5.42. The summed E-state index contributed by atoms with van der Waals surface area (Å²) >= 11 is 6.09. The van der Waals surface area contributed by atoms with Crippen molar-refractivity contribution >= 4 is 22.5 Å². The number of aromatic amines is 1. The highest BCUT2D eigenvalue weighted by Crippen LogP contribution is 2.28. The third-order valence-electron chi connectivity index (χ3n) is 3.74. The van der Waals surface area contributed by atoms with Crippen LogP contribution < -0.4 is 5.32 Å². The van der Waals surface area contributed by atoms with Gasteiger partial charge in [0, 0.05) is 21.6 Å². The number of nitrogens with one attached hydrogen (secondary N) is 2. The molecule has 17 heavy (non-hydrogen) atoms. The van der Waals surface area contributed by atoms with E-state index in [0.29, 0.717) is 0 Å². The van der Waals surface area contributed by atoms with Crippen molar-refractivity contribution in [1.29, 1.82) is 0 Å². The summed E-state index contributed by atoms with van der Waals surface area (Å²) in [6, 6.07) is 6.10. The molecule has 3 rings (SSSR count). The van der Waals surface area contributed by atoms with Crippen molar-refractivity contribution in [3.63, 3.8) is 0 Å². The molecule has 0 saturated carbocycles. The number of fused-ring (bicyclic) bond motifs is 1. The molecule has 0 spiro atoms. The van der Waals surface area contributed by atoms with Gasteiger partial charge in [-0.2, -0.15) is 0 Å². The van der Waals surface area contributed by atoms with Gasteiger partial charge >= 0.3 is 0 Å². The molecule has 1 aliphatic heterocycles. The molecule has 90 valence electrons. The standard InChI is InChI=1S/C14H17ClN2/c1-9-12(6-10-4-5-16-8-10)13-7-11(15)2-3-14(13)17-9/h2-3,7,10,16-17H,4-6,8H2,1H3. The monoisotopic (exact) mass is 248 g/mol. The third kappa shape index (κ3) is 2.07. The summed E-state index contributed by atoms with van der Waals surface area (Å²) in [5.74, 6) is 0.770. The molecule has 0 amide bonds. The molecule has 1 aromatic heterocycles. The summed E-state index contributed by atoms with van der Waals surface area (Å²) in [4.78, 5) is 3.45. The summed E-state index contributed by atoms with van der Waals surface area (Å²) in [5.41, 5.74) is 3.93. The van der Waals surface area contributed by atoms with Gasteiger partial charge in [-0.3, -0.25) is 0 Å². The van der Waals surface area contributed by atoms with E-state index in [-0.39, 0.29) is 0 Å². The number of hydrogen-bond donors (Lipinski definition) is 2. The summed E-state index contributed by atoms with van der Waals surface area (Å²) < 4.78 is 0. The van der Waals surface area contributed by atoms with Gasteiger partial charge in [-0.1, -0.05) is 11.6 Å². The normalized spacial score (nSPS) is 20.2. The van der Waals surface area contributed by atoms with Gasteiger partial charge in [0.1, 0.15) is 0 Å². The number of rotatable bonds is 2. The van der Waals surface area contributed by atoms with Crippen LogP contribution in [0.4, 0.5) is 0 Å². The van der Waals surface area contributed by atoms with Gasteiger partial charge in [0.2, 0.25) is 0 Å². The maximum atomic E-state index is 6.09. The summed E-state index contributed by atoms with van der Waals surface area (Å²) in [6.07, 6.45) is 2.44. The zero-order valence-corrected chi connectivity index (χ0v) is 10.8. The summed E-state index contributed by atoms with van der Waals surface area (Å²) in [5, 5.41) is 5.54. The Balaban J connectivity index is 2.01. The zero-order valence-electron chi connectivity index (χ0n) is 10.0. The minimum Gasteiger partial charge on any atom is -0.358 e. The van der Waals surface area contributed by atoms with Gasteiger partial charge in [-0.15, -0.1) is 0 Å². The number of benzene rings is 1. The van der Waals surface area contributed by atoms with Gasteiger partial charge in [-0.05, 0) is 62.5 Å². The first-order valence-corrected chi connectivity index (χ1v) is 6.59. The van der Waals surface area contributed by atoms with Crippen LogP contribution in [0.1, 0.15) is 17.7 Å². The zero-order chi connectivity index (χ0) is 11.8. The molecule has 1 fully saturated rings. The van der Waals surface area contributed by atoms with E-state index in [1.165, 1.54) is 28.6 Å². The highest BCUT2D eigenvalue weighted by molar-refractivity contribution is 6.31. The second kappa shape index (κ2) is 4.35. The molecule has 1 aliphatic rings. The van der Waals surface area contributed by atoms with Gasteiger partial charge < -0.3 is 10.3 Å². The second-order valence-electron chi connectivity index (χ2n) is 4.98. The lowest BCUT2D eigenvalue weighted by atomic mass is 9.96. The topological polar surface area (TPSA) is 27.8 Å². The first-order valence-electron chi connectivity index (χ1n) is 6.21. The number of H-pyrrole nitrogens is 1. The van der Waals surface area contributed by atoms with Crippen LogP contribution in [-0.4, -0.2) is 18.1 Å². The van der Waals surface area contributed by atoms with Crippen LogP contribution in [-0.2, 0) is 6.42 Å². The molecule has 0 radical (unpaired) electrons. The van der Waals surface area contributed by atoms with E-state index < -0.39 is 0 Å². The van der Waals surface area contributed by atoms with Crippen molar-refractivity contribution in [2.24, 2.45) is 5.92 Å². The molecule has 2 nitrogen and oxygen atoms in total. The fourth-order valence-corrected chi connectivity index (χ4v) is 2.97. The Morgan fingerprint density at radius 1 is 1.41 bits per heavy atom. The average molecular weight is 249 g/mol. The van der Waals surface area contributed by atoms with Crippen molar-refractivity contribution in [3.05, 3.63) is 34.5 Å². The van der Waals surface area contributed by atoms with E-state index >= 15 is 0 Å². The van der Waals surface area contributed by atoms with Gasteiger partial charge in [0.05, 0.1) is 0 Å². The van der Waals surface area contributed by atoms with Crippen molar-refractivity contribution < 1.29 is 0 Å². The maximum Gasteiger partial charge on any atom is 0.0459 e. The number of hydrogen-bond acceptors (Lipinski definition) is 1. The Morgan fingerprint density at radius 2 is 2.29 bits per heavy atom. The molecule has 3 heteroatoms. The van der Waals surface area contributed by atoms with Gasteiger partial charge in [0.15, 0.2) is 0 Å². The molecular weight excluding hydrogens is 232 g/mol. The van der Waals surface area contributed by atoms with Crippen molar-refractivity contribution in [3.8, 4) is 0 Å². The Morgan fingerprint density at radius 3 is 3.06 bits per heavy atom. The largest absolute Gasteiger partial charge is 0.358 e. The van der Waals surface area contributed by atoms with E-state index in [9.17, 15) is 0 Å². The molecule has 0 aliphatic carbocycles. The molecule has 1 aromatic carbocycles. The van der Waals surface area contributed by atoms with Crippen molar-refractivity contribution in [2.75, 3.05) is 13.1 Å². The van der Waals surface area contributed by atoms with Crippen LogP contribution in [0.3, 0.4) is 0 Å². The van der Waals surface area contributed by atoms with E-state index in [1.807, 2.05) is 6.07 Å². The molecule has 1 atom stereocenters. The van der Waals surface area contributed by atoms with Crippen LogP contribution >= 0.6 is 11.6 Å². The lowest BCUT2D eigenvalue weighted by Gasteiger charge is -2.08. The lowest BCUT2D eigenvalue weighted by molar-refractivity contribution is 0.580. The van der Waals surface area contributed by atoms with E-state index in [4.69, 9.17) is 11.6 Å². The molecule has 1 unspecified atom stereocenters. The Bertz CT molecular complexity index is 538. The SMILES string of the molecule is Cc1[nH]c2ccc(Cl)cc2c1CC1CCNC1. The van der Waals surface area contributed by atoms with E-state index in [2.05, 4.69) is 29.4 Å². The lowest BCUT2D eigenvalue weighted by Crippen LogP contribution is -2.11. The minimum absolute atomic E-state index is 0.770. The number of aromatic nitrogens is 1. The maximum absolute atomic E-state index is 6.09. The Kier molecular flexibility index (Phi) is 2.85. The van der Waals surface area contributed by atoms with Crippen molar-refractivity contribution in [1.82, 2.24) is 10.3 Å². The van der Waals surface area contributed by atoms with Crippen molar-refractivity contribution in [2.45, 2.75) is 19.8 Å². The molecule has 2 aromatic rings. The quantitative estimate of drug-likeness (QED) is 0.839. The number of halogens is 1.